The van der Waals surface area contributed by atoms with Crippen molar-refractivity contribution in [1.82, 2.24) is 0 Å². The molecule has 0 bridgehead atoms. The maximum absolute atomic E-state index is 3.53. The van der Waals surface area contributed by atoms with E-state index >= 15 is 0 Å². The lowest BCUT2D eigenvalue weighted by atomic mass is 10.2. The first-order valence-corrected chi connectivity index (χ1v) is 6.41. The zero-order valence-electron chi connectivity index (χ0n) is 5.72. The Hall–Kier alpha value is 0.0400. The molecule has 1 aromatic carbocycles. The van der Waals surface area contributed by atoms with Crippen molar-refractivity contribution in [1.29, 1.82) is 0 Å². The molecule has 0 radical (unpaired) electrons. The van der Waals surface area contributed by atoms with Crippen molar-refractivity contribution in [2.45, 2.75) is 0 Å². The molecule has 0 nitrogen and oxygen atoms in total. The van der Waals surface area contributed by atoms with E-state index in [1.165, 1.54) is 13.6 Å². The predicted molar refractivity (Wildman–Crippen MR) is 62.1 cm³/mol. The minimum absolute atomic E-state index is 0.136. The minimum atomic E-state index is 0.136. The summed E-state index contributed by atoms with van der Waals surface area (Å²) in [6.07, 6.45) is 2.16. The van der Waals surface area contributed by atoms with E-state index in [4.69, 9.17) is 0 Å². The maximum Gasteiger partial charge on any atom is 0.0262 e. The maximum atomic E-state index is 3.53. The van der Waals surface area contributed by atoms with Gasteiger partial charge in [0.05, 0.1) is 0 Å². The molecule has 1 heterocycles. The van der Waals surface area contributed by atoms with Crippen LogP contribution in [0.1, 0.15) is 5.56 Å². The number of allylic oxidation sites excluding steroid dienone is 1. The Kier molecular flexibility index (Phi) is 2.23. The van der Waals surface area contributed by atoms with Gasteiger partial charge in [-0.25, -0.2) is 0 Å². The average Bonchev–Trinajstić information content (AvgIpc) is 2.06. The third kappa shape index (κ3) is 1.47. The van der Waals surface area contributed by atoms with Gasteiger partial charge in [-0.3, -0.25) is 0 Å². The highest BCUT2D eigenvalue weighted by Crippen LogP contribution is 2.30. The van der Waals surface area contributed by atoms with Crippen molar-refractivity contribution in [2.75, 3.05) is 0 Å². The standard InChI is InChI=1S/C9H6BrI/c10-8-5-6-11-9-4-2-1-3-7(8)9/h1-6H. The predicted octanol–water partition coefficient (Wildman–Crippen LogP) is 3.38. The molecule has 56 valence electrons. The molecule has 0 unspecified atom stereocenters. The van der Waals surface area contributed by atoms with Crippen molar-refractivity contribution in [3.8, 4) is 0 Å². The van der Waals surface area contributed by atoms with Crippen LogP contribution in [-0.4, -0.2) is 4.01 Å². The fourth-order valence-electron chi connectivity index (χ4n) is 0.994. The summed E-state index contributed by atoms with van der Waals surface area (Å²) in [5.74, 6) is 0. The van der Waals surface area contributed by atoms with Crippen molar-refractivity contribution in [3.63, 3.8) is 0 Å². The first-order chi connectivity index (χ1) is 5.38. The summed E-state index contributed by atoms with van der Waals surface area (Å²) in [6.45, 7) is 0. The molecule has 0 amide bonds. The van der Waals surface area contributed by atoms with Crippen molar-refractivity contribution in [2.24, 2.45) is 0 Å². The highest BCUT2D eigenvalue weighted by atomic mass is 127. The summed E-state index contributed by atoms with van der Waals surface area (Å²) in [5.41, 5.74) is 1.38. The van der Waals surface area contributed by atoms with E-state index in [-0.39, 0.29) is 20.7 Å². The molecular weight excluding hydrogens is 315 g/mol. The second kappa shape index (κ2) is 3.19. The molecule has 0 fully saturated rings. The molecule has 11 heavy (non-hydrogen) atoms. The number of halogens is 2. The van der Waals surface area contributed by atoms with Crippen LogP contribution in [0.4, 0.5) is 0 Å². The van der Waals surface area contributed by atoms with E-state index in [2.05, 4.69) is 50.3 Å². The molecule has 0 saturated heterocycles. The molecule has 0 atom stereocenters. The highest BCUT2D eigenvalue weighted by molar-refractivity contribution is 14.2. The number of benzene rings is 1. The van der Waals surface area contributed by atoms with Crippen LogP contribution in [0.5, 0.6) is 0 Å². The molecule has 0 saturated carbocycles. The second-order valence-electron chi connectivity index (χ2n) is 2.23. The van der Waals surface area contributed by atoms with E-state index < -0.39 is 0 Å². The monoisotopic (exact) mass is 320 g/mol. The Morgan fingerprint density at radius 3 is 2.82 bits per heavy atom. The number of rotatable bonds is 0. The molecule has 1 aliphatic rings. The summed E-state index contributed by atoms with van der Waals surface area (Å²) < 4.78 is 5.02. The van der Waals surface area contributed by atoms with Gasteiger partial charge in [-0.2, -0.15) is 0 Å². The fraction of sp³-hybridized carbons (Fsp3) is 0. The van der Waals surface area contributed by atoms with Crippen LogP contribution in [0.3, 0.4) is 0 Å². The van der Waals surface area contributed by atoms with Crippen molar-refractivity contribution in [3.05, 3.63) is 39.5 Å². The van der Waals surface area contributed by atoms with E-state index in [0.29, 0.717) is 0 Å². The summed E-state index contributed by atoms with van der Waals surface area (Å²) in [4.78, 5) is 0. The van der Waals surface area contributed by atoms with Crippen LogP contribution in [0.15, 0.2) is 30.3 Å². The number of hydrogen-bond donors (Lipinski definition) is 0. The van der Waals surface area contributed by atoms with Crippen LogP contribution in [0, 0.1) is 3.57 Å². The Morgan fingerprint density at radius 2 is 2.00 bits per heavy atom. The topological polar surface area (TPSA) is 0 Å². The summed E-state index contributed by atoms with van der Waals surface area (Å²) in [7, 11) is 0. The van der Waals surface area contributed by atoms with Crippen molar-refractivity contribution < 1.29 is 0 Å². The van der Waals surface area contributed by atoms with Crippen LogP contribution in [-0.2, 0) is 0 Å². The lowest BCUT2D eigenvalue weighted by Gasteiger charge is -2.06. The Bertz CT molecular complexity index is 339. The summed E-state index contributed by atoms with van der Waals surface area (Å²) >= 11 is 3.67. The van der Waals surface area contributed by atoms with E-state index in [0.717, 1.165) is 0 Å². The summed E-state index contributed by atoms with van der Waals surface area (Å²) in [6, 6.07) is 8.58. The van der Waals surface area contributed by atoms with Gasteiger partial charge in [0.2, 0.25) is 0 Å². The van der Waals surface area contributed by atoms with Crippen molar-refractivity contribution >= 4 is 45.2 Å². The molecule has 0 aliphatic carbocycles. The SMILES string of the molecule is BrC1=CC=Ic2ccccc21. The van der Waals surface area contributed by atoms with E-state index in [1.54, 1.807) is 0 Å². The Labute approximate surface area is 84.2 Å². The van der Waals surface area contributed by atoms with Crippen LogP contribution >= 0.6 is 36.7 Å². The molecule has 2 heteroatoms. The lowest BCUT2D eigenvalue weighted by molar-refractivity contribution is 1.59. The van der Waals surface area contributed by atoms with Gasteiger partial charge in [-0.1, -0.05) is 54.9 Å². The zero-order chi connectivity index (χ0) is 7.68. The van der Waals surface area contributed by atoms with Gasteiger partial charge in [0, 0.05) is 13.6 Å². The highest BCUT2D eigenvalue weighted by Gasteiger charge is 2.04. The second-order valence-corrected chi connectivity index (χ2v) is 5.59. The largest absolute Gasteiger partial charge is 0.0849 e. The van der Waals surface area contributed by atoms with Gasteiger partial charge in [-0.05, 0) is 16.2 Å². The molecule has 0 spiro atoms. The third-order valence-electron chi connectivity index (χ3n) is 1.52. The third-order valence-corrected chi connectivity index (χ3v) is 4.54. The normalized spacial score (nSPS) is 14.8. The van der Waals surface area contributed by atoms with Gasteiger partial charge in [0.25, 0.3) is 0 Å². The van der Waals surface area contributed by atoms with E-state index in [1.807, 2.05) is 0 Å². The van der Waals surface area contributed by atoms with Gasteiger partial charge in [-0.15, -0.1) is 0 Å². The van der Waals surface area contributed by atoms with Gasteiger partial charge in [0.15, 0.2) is 0 Å². The minimum Gasteiger partial charge on any atom is -0.0849 e. The molecular formula is C9H6BrI. The average molecular weight is 321 g/mol. The molecule has 1 aliphatic heterocycles. The smallest absolute Gasteiger partial charge is 0.0262 e. The van der Waals surface area contributed by atoms with Gasteiger partial charge < -0.3 is 0 Å². The fourth-order valence-corrected chi connectivity index (χ4v) is 4.48. The first-order valence-electron chi connectivity index (χ1n) is 3.30. The summed E-state index contributed by atoms with van der Waals surface area (Å²) in [5, 5.41) is 0. The number of hydrogen-bond acceptors (Lipinski definition) is 0. The molecule has 1 aromatic rings. The van der Waals surface area contributed by atoms with E-state index in [9.17, 15) is 0 Å². The molecule has 2 rings (SSSR count). The van der Waals surface area contributed by atoms with Crippen LogP contribution in [0.2, 0.25) is 0 Å². The Morgan fingerprint density at radius 1 is 1.18 bits per heavy atom. The number of fused-ring (bicyclic) bond motifs is 1. The first kappa shape index (κ1) is 7.68. The Balaban J connectivity index is 2.67. The van der Waals surface area contributed by atoms with Gasteiger partial charge >= 0.3 is 0 Å². The quantitative estimate of drug-likeness (QED) is 0.643. The van der Waals surface area contributed by atoms with Crippen LogP contribution < -0.4 is 0 Å². The van der Waals surface area contributed by atoms with Gasteiger partial charge in [0.1, 0.15) is 0 Å². The van der Waals surface area contributed by atoms with Crippen LogP contribution in [0.25, 0.3) is 4.48 Å². The molecule has 0 N–H and O–H groups in total. The lowest BCUT2D eigenvalue weighted by Crippen LogP contribution is -1.86. The zero-order valence-corrected chi connectivity index (χ0v) is 9.46. The molecule has 0 aromatic heterocycles.